The van der Waals surface area contributed by atoms with Crippen LogP contribution in [-0.2, 0) is 4.79 Å². The SMILES string of the molecule is Cc1ccc(N2CCN(C(=O)C3(Oc4ccc(C#N)cc4)CCCC3)CC2)nn1. The van der Waals surface area contributed by atoms with Crippen LogP contribution in [0.15, 0.2) is 36.4 Å². The first-order valence-corrected chi connectivity index (χ1v) is 10.1. The van der Waals surface area contributed by atoms with Crippen LogP contribution in [0.4, 0.5) is 5.82 Å². The van der Waals surface area contributed by atoms with Gasteiger partial charge in [0.05, 0.1) is 17.3 Å². The molecule has 1 aliphatic heterocycles. The molecule has 29 heavy (non-hydrogen) atoms. The van der Waals surface area contributed by atoms with Gasteiger partial charge in [-0.3, -0.25) is 4.79 Å². The molecule has 150 valence electrons. The van der Waals surface area contributed by atoms with Crippen molar-refractivity contribution >= 4 is 11.7 Å². The fourth-order valence-corrected chi connectivity index (χ4v) is 4.12. The lowest BCUT2D eigenvalue weighted by Gasteiger charge is -2.40. The largest absolute Gasteiger partial charge is 0.477 e. The smallest absolute Gasteiger partial charge is 0.266 e. The van der Waals surface area contributed by atoms with Crippen molar-refractivity contribution in [3.8, 4) is 11.8 Å². The van der Waals surface area contributed by atoms with E-state index in [9.17, 15) is 4.79 Å². The van der Waals surface area contributed by atoms with Crippen LogP contribution in [0, 0.1) is 18.3 Å². The van der Waals surface area contributed by atoms with E-state index < -0.39 is 5.60 Å². The Morgan fingerprint density at radius 2 is 1.72 bits per heavy atom. The number of nitrogens with zero attached hydrogens (tertiary/aromatic N) is 5. The Morgan fingerprint density at radius 1 is 1.03 bits per heavy atom. The molecule has 1 aromatic heterocycles. The van der Waals surface area contributed by atoms with Gasteiger partial charge < -0.3 is 14.5 Å². The van der Waals surface area contributed by atoms with E-state index in [4.69, 9.17) is 10.00 Å². The maximum Gasteiger partial charge on any atom is 0.266 e. The molecule has 1 saturated carbocycles. The second-order valence-electron chi connectivity index (χ2n) is 7.75. The Morgan fingerprint density at radius 3 is 2.31 bits per heavy atom. The minimum absolute atomic E-state index is 0.0778. The third-order valence-electron chi connectivity index (χ3n) is 5.77. The van der Waals surface area contributed by atoms with Gasteiger partial charge in [0, 0.05) is 26.2 Å². The van der Waals surface area contributed by atoms with Gasteiger partial charge in [0.15, 0.2) is 11.4 Å². The van der Waals surface area contributed by atoms with E-state index in [1.54, 1.807) is 24.3 Å². The molecule has 1 amide bonds. The summed E-state index contributed by atoms with van der Waals surface area (Å²) in [5, 5.41) is 17.4. The number of piperazine rings is 1. The predicted octanol–water partition coefficient (Wildman–Crippen LogP) is 2.70. The predicted molar refractivity (Wildman–Crippen MR) is 109 cm³/mol. The molecule has 1 aromatic carbocycles. The summed E-state index contributed by atoms with van der Waals surface area (Å²) in [5.74, 6) is 1.58. The molecule has 0 unspecified atom stereocenters. The highest BCUT2D eigenvalue weighted by Crippen LogP contribution is 2.36. The molecule has 2 heterocycles. The average Bonchev–Trinajstić information content (AvgIpc) is 3.24. The molecule has 7 nitrogen and oxygen atoms in total. The number of amides is 1. The number of ether oxygens (including phenoxy) is 1. The van der Waals surface area contributed by atoms with Crippen molar-refractivity contribution in [3.05, 3.63) is 47.7 Å². The van der Waals surface area contributed by atoms with Gasteiger partial charge >= 0.3 is 0 Å². The summed E-state index contributed by atoms with van der Waals surface area (Å²) < 4.78 is 6.27. The van der Waals surface area contributed by atoms with E-state index in [-0.39, 0.29) is 5.91 Å². The number of anilines is 1. The van der Waals surface area contributed by atoms with E-state index >= 15 is 0 Å². The maximum absolute atomic E-state index is 13.4. The fraction of sp³-hybridized carbons (Fsp3) is 0.455. The normalized spacial score (nSPS) is 18.3. The van der Waals surface area contributed by atoms with Crippen LogP contribution in [-0.4, -0.2) is 52.8 Å². The quantitative estimate of drug-likeness (QED) is 0.797. The van der Waals surface area contributed by atoms with Gasteiger partial charge in [-0.2, -0.15) is 10.4 Å². The van der Waals surface area contributed by atoms with E-state index in [1.807, 2.05) is 24.0 Å². The molecular formula is C22H25N5O2. The Kier molecular flexibility index (Phi) is 5.34. The summed E-state index contributed by atoms with van der Waals surface area (Å²) in [4.78, 5) is 17.5. The summed E-state index contributed by atoms with van der Waals surface area (Å²) in [6.45, 7) is 4.68. The Hall–Kier alpha value is -3.14. The summed E-state index contributed by atoms with van der Waals surface area (Å²) in [5.41, 5.74) is 0.685. The van der Waals surface area contributed by atoms with Crippen LogP contribution < -0.4 is 9.64 Å². The highest BCUT2D eigenvalue weighted by Gasteiger charge is 2.46. The molecule has 1 aliphatic carbocycles. The number of benzene rings is 1. The van der Waals surface area contributed by atoms with Crippen LogP contribution in [0.3, 0.4) is 0 Å². The van der Waals surface area contributed by atoms with Crippen LogP contribution in [0.25, 0.3) is 0 Å². The topological polar surface area (TPSA) is 82.4 Å². The minimum atomic E-state index is -0.792. The van der Waals surface area contributed by atoms with Gasteiger partial charge in [-0.1, -0.05) is 0 Å². The first kappa shape index (κ1) is 19.2. The highest BCUT2D eigenvalue weighted by atomic mass is 16.5. The summed E-state index contributed by atoms with van der Waals surface area (Å²) in [6.07, 6.45) is 3.44. The molecule has 0 bridgehead atoms. The van der Waals surface area contributed by atoms with Crippen molar-refractivity contribution in [2.45, 2.75) is 38.2 Å². The van der Waals surface area contributed by atoms with Crippen molar-refractivity contribution in [2.24, 2.45) is 0 Å². The first-order chi connectivity index (χ1) is 14.1. The lowest BCUT2D eigenvalue weighted by Crippen LogP contribution is -2.57. The van der Waals surface area contributed by atoms with Gasteiger partial charge in [-0.25, -0.2) is 0 Å². The average molecular weight is 391 g/mol. The van der Waals surface area contributed by atoms with E-state index in [1.165, 1.54) is 0 Å². The molecule has 0 atom stereocenters. The number of aromatic nitrogens is 2. The molecule has 4 rings (SSSR count). The van der Waals surface area contributed by atoms with E-state index in [0.717, 1.165) is 50.3 Å². The molecule has 7 heteroatoms. The van der Waals surface area contributed by atoms with Gasteiger partial charge in [0.25, 0.3) is 5.91 Å². The van der Waals surface area contributed by atoms with Crippen molar-refractivity contribution < 1.29 is 9.53 Å². The molecule has 2 aromatic rings. The molecule has 2 fully saturated rings. The number of rotatable bonds is 4. The van der Waals surface area contributed by atoms with Crippen molar-refractivity contribution in [1.29, 1.82) is 5.26 Å². The second-order valence-corrected chi connectivity index (χ2v) is 7.75. The van der Waals surface area contributed by atoms with Gasteiger partial charge in [-0.15, -0.1) is 5.10 Å². The minimum Gasteiger partial charge on any atom is -0.477 e. The second kappa shape index (κ2) is 8.08. The zero-order valence-electron chi connectivity index (χ0n) is 16.7. The number of hydrogen-bond acceptors (Lipinski definition) is 6. The molecule has 0 N–H and O–H groups in total. The van der Waals surface area contributed by atoms with Crippen molar-refractivity contribution in [2.75, 3.05) is 31.1 Å². The third-order valence-corrected chi connectivity index (χ3v) is 5.77. The fourth-order valence-electron chi connectivity index (χ4n) is 4.12. The summed E-state index contributed by atoms with van der Waals surface area (Å²) >= 11 is 0. The maximum atomic E-state index is 13.4. The Balaban J connectivity index is 1.43. The summed E-state index contributed by atoms with van der Waals surface area (Å²) in [6, 6.07) is 13.1. The van der Waals surface area contributed by atoms with Crippen LogP contribution >= 0.6 is 0 Å². The van der Waals surface area contributed by atoms with Gasteiger partial charge in [-0.05, 0) is 69.0 Å². The molecular weight excluding hydrogens is 366 g/mol. The number of aryl methyl sites for hydroxylation is 1. The summed E-state index contributed by atoms with van der Waals surface area (Å²) in [7, 11) is 0. The van der Waals surface area contributed by atoms with Crippen molar-refractivity contribution in [1.82, 2.24) is 15.1 Å². The van der Waals surface area contributed by atoms with E-state index in [2.05, 4.69) is 21.2 Å². The van der Waals surface area contributed by atoms with Crippen LogP contribution in [0.2, 0.25) is 0 Å². The van der Waals surface area contributed by atoms with Crippen LogP contribution in [0.5, 0.6) is 5.75 Å². The molecule has 1 saturated heterocycles. The number of nitriles is 1. The Bertz CT molecular complexity index is 890. The highest BCUT2D eigenvalue weighted by molar-refractivity contribution is 5.86. The van der Waals surface area contributed by atoms with E-state index in [0.29, 0.717) is 24.4 Å². The molecule has 0 radical (unpaired) electrons. The molecule has 2 aliphatic rings. The zero-order valence-corrected chi connectivity index (χ0v) is 16.7. The van der Waals surface area contributed by atoms with Crippen LogP contribution in [0.1, 0.15) is 36.9 Å². The zero-order chi connectivity index (χ0) is 20.3. The van der Waals surface area contributed by atoms with Gasteiger partial charge in [0.2, 0.25) is 0 Å². The third kappa shape index (κ3) is 4.02. The van der Waals surface area contributed by atoms with Crippen molar-refractivity contribution in [3.63, 3.8) is 0 Å². The Labute approximate surface area is 170 Å². The lowest BCUT2D eigenvalue weighted by atomic mass is 9.99. The van der Waals surface area contributed by atoms with Gasteiger partial charge in [0.1, 0.15) is 5.75 Å². The number of carbonyl (C=O) groups excluding carboxylic acids is 1. The monoisotopic (exact) mass is 391 g/mol. The number of carbonyl (C=O) groups is 1. The number of hydrogen-bond donors (Lipinski definition) is 0. The molecule has 0 spiro atoms. The first-order valence-electron chi connectivity index (χ1n) is 10.1. The standard InChI is InChI=1S/C22H25N5O2/c1-17-4-9-20(25-24-17)26-12-14-27(15-13-26)21(28)22(10-2-3-11-22)29-19-7-5-18(16-23)6-8-19/h4-9H,2-3,10-15H2,1H3. The lowest BCUT2D eigenvalue weighted by molar-refractivity contribution is -0.148.